The first-order valence-electron chi connectivity index (χ1n) is 3.53. The summed E-state index contributed by atoms with van der Waals surface area (Å²) in [6.45, 7) is 0. The van der Waals surface area contributed by atoms with Gasteiger partial charge < -0.3 is 0 Å². The lowest BCUT2D eigenvalue weighted by Crippen LogP contribution is -1.91. The second kappa shape index (κ2) is 1.61. The van der Waals surface area contributed by atoms with Gasteiger partial charge in [0, 0.05) is 0 Å². The van der Waals surface area contributed by atoms with Crippen molar-refractivity contribution in [1.29, 1.82) is 0 Å². The summed E-state index contributed by atoms with van der Waals surface area (Å²) in [5, 5.41) is 0. The van der Waals surface area contributed by atoms with Crippen LogP contribution in [0.15, 0.2) is 6.08 Å². The molecule has 0 spiro atoms. The number of hydrogen-bond donors (Lipinski definition) is 0. The van der Waals surface area contributed by atoms with E-state index in [1.165, 1.54) is 25.7 Å². The van der Waals surface area contributed by atoms with Gasteiger partial charge in [0.15, 0.2) is 0 Å². The zero-order valence-electron chi connectivity index (χ0n) is 5.06. The molecule has 1 atom stereocenters. The molecular weight excluding hydrogens is 96.1 g/mol. The molecule has 2 aliphatic rings. The molecule has 1 fully saturated rings. The first-order valence-corrected chi connectivity index (χ1v) is 3.53. The summed E-state index contributed by atoms with van der Waals surface area (Å²) >= 11 is 0. The lowest BCUT2D eigenvalue weighted by atomic mass is 10.0. The zero-order valence-corrected chi connectivity index (χ0v) is 5.06. The van der Waals surface area contributed by atoms with E-state index >= 15 is 0 Å². The normalized spacial score (nSPS) is 36.2. The van der Waals surface area contributed by atoms with Gasteiger partial charge in [-0.3, -0.25) is 0 Å². The summed E-state index contributed by atoms with van der Waals surface area (Å²) < 4.78 is 0. The second-order valence-electron chi connectivity index (χ2n) is 2.91. The maximum Gasteiger partial charge on any atom is -0.0196 e. The quantitative estimate of drug-likeness (QED) is 0.481. The predicted molar refractivity (Wildman–Crippen MR) is 33.3 cm³/mol. The topological polar surface area (TPSA) is 0 Å². The fraction of sp³-hybridized carbons (Fsp3) is 0.750. The molecule has 0 N–H and O–H groups in total. The zero-order chi connectivity index (χ0) is 5.40. The van der Waals surface area contributed by atoms with E-state index in [0.717, 1.165) is 11.8 Å². The highest BCUT2D eigenvalue weighted by molar-refractivity contribution is 4.98. The van der Waals surface area contributed by atoms with Gasteiger partial charge in [-0.1, -0.05) is 6.08 Å². The number of allylic oxidation sites excluding steroid dienone is 2. The number of rotatable bonds is 1. The van der Waals surface area contributed by atoms with Gasteiger partial charge in [0.05, 0.1) is 0 Å². The van der Waals surface area contributed by atoms with Gasteiger partial charge in [-0.05, 0) is 43.6 Å². The van der Waals surface area contributed by atoms with Crippen LogP contribution in [-0.2, 0) is 0 Å². The third-order valence-corrected chi connectivity index (χ3v) is 2.18. The molecule has 0 amide bonds. The molecule has 2 rings (SSSR count). The van der Waals surface area contributed by atoms with Crippen molar-refractivity contribution in [2.24, 2.45) is 11.8 Å². The van der Waals surface area contributed by atoms with E-state index in [2.05, 4.69) is 12.2 Å². The van der Waals surface area contributed by atoms with Gasteiger partial charge in [0.1, 0.15) is 0 Å². The maximum absolute atomic E-state index is 3.27. The summed E-state index contributed by atoms with van der Waals surface area (Å²) in [4.78, 5) is 0. The Morgan fingerprint density at radius 2 is 2.12 bits per heavy atom. The molecule has 0 aliphatic heterocycles. The molecule has 8 heavy (non-hydrogen) atoms. The molecular formula is C8H11. The third-order valence-electron chi connectivity index (χ3n) is 2.18. The van der Waals surface area contributed by atoms with Crippen LogP contribution >= 0.6 is 0 Å². The maximum atomic E-state index is 3.27. The Bertz CT molecular complexity index is 109. The van der Waals surface area contributed by atoms with E-state index in [4.69, 9.17) is 0 Å². The fourth-order valence-electron chi connectivity index (χ4n) is 1.46. The lowest BCUT2D eigenvalue weighted by Gasteiger charge is -2.00. The Morgan fingerprint density at radius 1 is 1.25 bits per heavy atom. The Hall–Kier alpha value is -0.260. The van der Waals surface area contributed by atoms with Crippen molar-refractivity contribution in [3.8, 4) is 0 Å². The summed E-state index contributed by atoms with van der Waals surface area (Å²) in [6.07, 6.45) is 11.2. The average Bonchev–Trinajstić information content (AvgIpc) is 2.49. The van der Waals surface area contributed by atoms with Crippen molar-refractivity contribution in [2.75, 3.05) is 0 Å². The molecule has 1 saturated carbocycles. The van der Waals surface area contributed by atoms with E-state index < -0.39 is 0 Å². The predicted octanol–water partition coefficient (Wildman–Crippen LogP) is 2.17. The van der Waals surface area contributed by atoms with Crippen molar-refractivity contribution < 1.29 is 0 Å². The minimum atomic E-state index is 0.940. The highest BCUT2D eigenvalue weighted by Gasteiger charge is 2.30. The highest BCUT2D eigenvalue weighted by atomic mass is 14.3. The minimum Gasteiger partial charge on any atom is -0.0776 e. The largest absolute Gasteiger partial charge is 0.0776 e. The smallest absolute Gasteiger partial charge is 0.0196 e. The van der Waals surface area contributed by atoms with Crippen LogP contribution in [0.4, 0.5) is 0 Å². The van der Waals surface area contributed by atoms with Gasteiger partial charge >= 0.3 is 0 Å². The third kappa shape index (κ3) is 0.683. The van der Waals surface area contributed by atoms with Crippen LogP contribution in [0.5, 0.6) is 0 Å². The van der Waals surface area contributed by atoms with Crippen LogP contribution in [0.25, 0.3) is 0 Å². The Morgan fingerprint density at radius 3 is 2.62 bits per heavy atom. The van der Waals surface area contributed by atoms with Gasteiger partial charge in [-0.25, -0.2) is 0 Å². The summed E-state index contributed by atoms with van der Waals surface area (Å²) in [6, 6.07) is 0. The molecule has 0 aromatic heterocycles. The first-order chi connectivity index (χ1) is 3.97. The van der Waals surface area contributed by atoms with Crippen LogP contribution in [0.2, 0.25) is 0 Å². The van der Waals surface area contributed by atoms with Crippen molar-refractivity contribution in [1.82, 2.24) is 0 Å². The Labute approximate surface area is 50.6 Å². The summed E-state index contributed by atoms with van der Waals surface area (Å²) in [7, 11) is 0. The standard InChI is InChI=1S/C8H11/c1-2-4-7(3-1)8-5-6-8/h4,7-8H,1,3,5-6H2. The first kappa shape index (κ1) is 4.60. The monoisotopic (exact) mass is 107 g/mol. The van der Waals surface area contributed by atoms with Gasteiger partial charge in [-0.2, -0.15) is 0 Å². The molecule has 1 radical (unpaired) electrons. The van der Waals surface area contributed by atoms with Crippen LogP contribution in [-0.4, -0.2) is 0 Å². The molecule has 0 nitrogen and oxygen atoms in total. The Kier molecular flexibility index (Phi) is 0.927. The average molecular weight is 107 g/mol. The van der Waals surface area contributed by atoms with E-state index in [9.17, 15) is 0 Å². The summed E-state index contributed by atoms with van der Waals surface area (Å²) in [5.41, 5.74) is 0. The van der Waals surface area contributed by atoms with Crippen molar-refractivity contribution in [3.05, 3.63) is 12.2 Å². The highest BCUT2D eigenvalue weighted by Crippen LogP contribution is 2.41. The second-order valence-corrected chi connectivity index (χ2v) is 2.91. The molecule has 0 aromatic rings. The Balaban J connectivity index is 1.95. The van der Waals surface area contributed by atoms with E-state index in [1.54, 1.807) is 0 Å². The van der Waals surface area contributed by atoms with Crippen molar-refractivity contribution in [2.45, 2.75) is 25.7 Å². The van der Waals surface area contributed by atoms with E-state index in [-0.39, 0.29) is 0 Å². The molecule has 43 valence electrons. The van der Waals surface area contributed by atoms with E-state index in [1.807, 2.05) is 0 Å². The van der Waals surface area contributed by atoms with Gasteiger partial charge in [-0.15, -0.1) is 0 Å². The fourth-order valence-corrected chi connectivity index (χ4v) is 1.46. The van der Waals surface area contributed by atoms with Crippen LogP contribution < -0.4 is 0 Å². The van der Waals surface area contributed by atoms with Crippen LogP contribution in [0.1, 0.15) is 25.7 Å². The SMILES string of the molecule is [C]1=CC(C2CC2)CC1. The lowest BCUT2D eigenvalue weighted by molar-refractivity contribution is 0.557. The molecule has 0 heteroatoms. The molecule has 1 unspecified atom stereocenters. The van der Waals surface area contributed by atoms with Gasteiger partial charge in [0.2, 0.25) is 0 Å². The van der Waals surface area contributed by atoms with Crippen molar-refractivity contribution in [3.63, 3.8) is 0 Å². The molecule has 0 heterocycles. The van der Waals surface area contributed by atoms with Crippen LogP contribution in [0, 0.1) is 17.9 Å². The van der Waals surface area contributed by atoms with Crippen LogP contribution in [0.3, 0.4) is 0 Å². The molecule has 2 aliphatic carbocycles. The van der Waals surface area contributed by atoms with Crippen molar-refractivity contribution >= 4 is 0 Å². The van der Waals surface area contributed by atoms with Gasteiger partial charge in [0.25, 0.3) is 0 Å². The van der Waals surface area contributed by atoms with E-state index in [0.29, 0.717) is 0 Å². The molecule has 0 saturated heterocycles. The number of hydrogen-bond acceptors (Lipinski definition) is 0. The minimum absolute atomic E-state index is 0.940. The molecule has 0 bridgehead atoms. The molecule has 0 aromatic carbocycles. The summed E-state index contributed by atoms with van der Waals surface area (Å²) in [5.74, 6) is 2.01.